The molecule has 4 rings (SSSR count). The number of likely N-dealkylation sites (tertiary alicyclic amines) is 1. The maximum Gasteiger partial charge on any atom is 0.124 e. The van der Waals surface area contributed by atoms with E-state index in [0.717, 1.165) is 56.1 Å². The lowest BCUT2D eigenvalue weighted by molar-refractivity contribution is 0.167. The molecule has 138 valence electrons. The van der Waals surface area contributed by atoms with Gasteiger partial charge < -0.3 is 9.67 Å². The van der Waals surface area contributed by atoms with Crippen molar-refractivity contribution in [1.29, 1.82) is 0 Å². The molecule has 0 aliphatic carbocycles. The Morgan fingerprint density at radius 3 is 2.77 bits per heavy atom. The van der Waals surface area contributed by atoms with Gasteiger partial charge in [-0.05, 0) is 31.9 Å². The average Bonchev–Trinajstić information content (AvgIpc) is 3.27. The van der Waals surface area contributed by atoms with Crippen molar-refractivity contribution in [3.63, 3.8) is 0 Å². The van der Waals surface area contributed by atoms with Crippen LogP contribution in [-0.4, -0.2) is 54.2 Å². The first-order chi connectivity index (χ1) is 12.8. The van der Waals surface area contributed by atoms with Crippen LogP contribution in [0.1, 0.15) is 37.3 Å². The second-order valence-corrected chi connectivity index (χ2v) is 6.93. The zero-order chi connectivity index (χ0) is 17.9. The molecule has 3 heterocycles. The third kappa shape index (κ3) is 3.37. The molecule has 1 aliphatic heterocycles. The molecule has 0 amide bonds. The van der Waals surface area contributed by atoms with Crippen LogP contribution in [0.3, 0.4) is 0 Å². The van der Waals surface area contributed by atoms with Crippen molar-refractivity contribution in [1.82, 2.24) is 29.4 Å². The van der Waals surface area contributed by atoms with Gasteiger partial charge in [-0.2, -0.15) is 0 Å². The fraction of sp³-hybridized carbons (Fsp3) is 0.526. The summed E-state index contributed by atoms with van der Waals surface area (Å²) in [6.07, 6.45) is 4.68. The van der Waals surface area contributed by atoms with Gasteiger partial charge in [0.1, 0.15) is 5.82 Å². The van der Waals surface area contributed by atoms with Crippen molar-refractivity contribution < 1.29 is 5.11 Å². The van der Waals surface area contributed by atoms with Gasteiger partial charge in [0.25, 0.3) is 0 Å². The molecule has 7 heteroatoms. The molecule has 2 aromatic heterocycles. The van der Waals surface area contributed by atoms with Gasteiger partial charge in [-0.1, -0.05) is 17.3 Å². The number of aryl methyl sites for hydroxylation is 1. The van der Waals surface area contributed by atoms with Gasteiger partial charge in [-0.3, -0.25) is 4.90 Å². The Morgan fingerprint density at radius 2 is 2.00 bits per heavy atom. The lowest BCUT2D eigenvalue weighted by atomic mass is 10.1. The number of benzene rings is 1. The summed E-state index contributed by atoms with van der Waals surface area (Å²) in [6, 6.07) is 8.76. The summed E-state index contributed by atoms with van der Waals surface area (Å²) >= 11 is 0. The minimum atomic E-state index is 0.121. The topological polar surface area (TPSA) is 72.0 Å². The molecule has 1 aliphatic rings. The largest absolute Gasteiger partial charge is 0.396 e. The van der Waals surface area contributed by atoms with Crippen LogP contribution in [0.25, 0.3) is 11.0 Å². The second-order valence-electron chi connectivity index (χ2n) is 6.93. The molecule has 0 atom stereocenters. The zero-order valence-electron chi connectivity index (χ0n) is 15.3. The Balaban J connectivity index is 1.41. The van der Waals surface area contributed by atoms with Gasteiger partial charge in [0.05, 0.1) is 29.3 Å². The van der Waals surface area contributed by atoms with E-state index < -0.39 is 0 Å². The summed E-state index contributed by atoms with van der Waals surface area (Å²) in [5.74, 6) is 1.15. The van der Waals surface area contributed by atoms with Crippen molar-refractivity contribution in [2.75, 3.05) is 19.7 Å². The van der Waals surface area contributed by atoms with Gasteiger partial charge in [0, 0.05) is 38.9 Å². The van der Waals surface area contributed by atoms with Gasteiger partial charge in [0.15, 0.2) is 0 Å². The number of para-hydroxylation sites is 2. The molecule has 0 spiro atoms. The van der Waals surface area contributed by atoms with E-state index in [4.69, 9.17) is 10.1 Å². The Labute approximate surface area is 153 Å². The monoisotopic (exact) mass is 354 g/mol. The van der Waals surface area contributed by atoms with Crippen LogP contribution in [0.4, 0.5) is 0 Å². The summed E-state index contributed by atoms with van der Waals surface area (Å²) < 4.78 is 4.30. The first kappa shape index (κ1) is 17.2. The number of hydrogen-bond donors (Lipinski definition) is 1. The normalized spacial score (nSPS) is 16.5. The molecule has 1 fully saturated rings. The molecule has 1 N–H and O–H groups in total. The standard InChI is InChI=1S/C19H26N6O/c1-2-24-18-6-4-3-5-17(18)20-19(24)14-23-10-7-16(8-11-23)25-13-15(9-12-26)21-22-25/h3-6,13,16,26H,2,7-12,14H2,1H3. The third-order valence-corrected chi connectivity index (χ3v) is 5.27. The van der Waals surface area contributed by atoms with E-state index in [2.05, 4.69) is 44.9 Å². The van der Waals surface area contributed by atoms with Crippen LogP contribution in [0.5, 0.6) is 0 Å². The lowest BCUT2D eigenvalue weighted by Crippen LogP contribution is -2.35. The molecule has 7 nitrogen and oxygen atoms in total. The summed E-state index contributed by atoms with van der Waals surface area (Å²) in [4.78, 5) is 7.33. The van der Waals surface area contributed by atoms with Crippen molar-refractivity contribution in [3.05, 3.63) is 42.0 Å². The Morgan fingerprint density at radius 1 is 1.19 bits per heavy atom. The number of aliphatic hydroxyl groups is 1. The first-order valence-corrected chi connectivity index (χ1v) is 9.46. The van der Waals surface area contributed by atoms with Crippen LogP contribution < -0.4 is 0 Å². The maximum absolute atomic E-state index is 9.02. The van der Waals surface area contributed by atoms with Crippen molar-refractivity contribution in [2.45, 2.75) is 45.3 Å². The summed E-state index contributed by atoms with van der Waals surface area (Å²) in [6.45, 7) is 6.20. The van der Waals surface area contributed by atoms with Crippen LogP contribution in [0.15, 0.2) is 30.5 Å². The third-order valence-electron chi connectivity index (χ3n) is 5.27. The number of hydrogen-bond acceptors (Lipinski definition) is 5. The quantitative estimate of drug-likeness (QED) is 0.733. The molecule has 1 saturated heterocycles. The van der Waals surface area contributed by atoms with Crippen molar-refractivity contribution >= 4 is 11.0 Å². The highest BCUT2D eigenvalue weighted by Gasteiger charge is 2.23. The van der Waals surface area contributed by atoms with Crippen LogP contribution in [0, 0.1) is 0 Å². The molecular weight excluding hydrogens is 328 g/mol. The maximum atomic E-state index is 9.02. The van der Waals surface area contributed by atoms with Gasteiger partial charge in [-0.25, -0.2) is 9.67 Å². The van der Waals surface area contributed by atoms with Crippen LogP contribution in [0.2, 0.25) is 0 Å². The van der Waals surface area contributed by atoms with E-state index in [0.29, 0.717) is 12.5 Å². The van der Waals surface area contributed by atoms with E-state index >= 15 is 0 Å². The molecular formula is C19H26N6O. The highest BCUT2D eigenvalue weighted by Crippen LogP contribution is 2.24. The number of aromatic nitrogens is 5. The molecule has 0 unspecified atom stereocenters. The summed E-state index contributed by atoms with van der Waals surface area (Å²) in [5.41, 5.74) is 3.17. The minimum Gasteiger partial charge on any atom is -0.396 e. The smallest absolute Gasteiger partial charge is 0.124 e. The molecule has 0 bridgehead atoms. The molecule has 3 aromatic rings. The first-order valence-electron chi connectivity index (χ1n) is 9.46. The van der Waals surface area contributed by atoms with E-state index in [1.807, 2.05) is 16.9 Å². The number of nitrogens with zero attached hydrogens (tertiary/aromatic N) is 6. The van der Waals surface area contributed by atoms with Crippen LogP contribution >= 0.6 is 0 Å². The van der Waals surface area contributed by atoms with E-state index in [-0.39, 0.29) is 6.61 Å². The summed E-state index contributed by atoms with van der Waals surface area (Å²) in [5, 5.41) is 17.4. The Bertz CT molecular complexity index is 862. The number of aliphatic hydroxyl groups excluding tert-OH is 1. The predicted octanol–water partition coefficient (Wildman–Crippen LogP) is 2.02. The molecule has 0 saturated carbocycles. The van der Waals surface area contributed by atoms with Crippen molar-refractivity contribution in [3.8, 4) is 0 Å². The zero-order valence-corrected chi connectivity index (χ0v) is 15.3. The van der Waals surface area contributed by atoms with Gasteiger partial charge in [-0.15, -0.1) is 5.10 Å². The van der Waals surface area contributed by atoms with E-state index in [1.54, 1.807) is 0 Å². The second kappa shape index (κ2) is 7.55. The average molecular weight is 354 g/mol. The fourth-order valence-corrected chi connectivity index (χ4v) is 3.86. The molecule has 1 aromatic carbocycles. The van der Waals surface area contributed by atoms with E-state index in [1.165, 1.54) is 5.52 Å². The fourth-order valence-electron chi connectivity index (χ4n) is 3.86. The highest BCUT2D eigenvalue weighted by atomic mass is 16.3. The summed E-state index contributed by atoms with van der Waals surface area (Å²) in [7, 11) is 0. The van der Waals surface area contributed by atoms with E-state index in [9.17, 15) is 0 Å². The highest BCUT2D eigenvalue weighted by molar-refractivity contribution is 5.75. The van der Waals surface area contributed by atoms with Gasteiger partial charge in [0.2, 0.25) is 0 Å². The molecule has 26 heavy (non-hydrogen) atoms. The SMILES string of the molecule is CCn1c(CN2CCC(n3cc(CCO)nn3)CC2)nc2ccccc21. The van der Waals surface area contributed by atoms with Crippen molar-refractivity contribution in [2.24, 2.45) is 0 Å². The Kier molecular flexibility index (Phi) is 4.99. The lowest BCUT2D eigenvalue weighted by Gasteiger charge is -2.31. The number of fused-ring (bicyclic) bond motifs is 1. The Hall–Kier alpha value is -2.25. The van der Waals surface area contributed by atoms with Crippen LogP contribution in [-0.2, 0) is 19.5 Å². The minimum absolute atomic E-state index is 0.121. The number of rotatable bonds is 6. The molecule has 0 radical (unpaired) electrons. The number of imidazole rings is 1. The number of piperidine rings is 1. The predicted molar refractivity (Wildman–Crippen MR) is 99.8 cm³/mol. The van der Waals surface area contributed by atoms with Gasteiger partial charge >= 0.3 is 0 Å².